The highest BCUT2D eigenvalue weighted by Crippen LogP contribution is 2.34. The van der Waals surface area contributed by atoms with E-state index < -0.39 is 16.8 Å². The predicted molar refractivity (Wildman–Crippen MR) is 100 cm³/mol. The van der Waals surface area contributed by atoms with E-state index in [0.717, 1.165) is 19.4 Å². The van der Waals surface area contributed by atoms with E-state index in [1.165, 1.54) is 18.2 Å². The Bertz CT molecular complexity index is 758. The molecule has 1 aromatic rings. The zero-order valence-electron chi connectivity index (χ0n) is 15.8. The molecule has 2 aliphatic rings. The van der Waals surface area contributed by atoms with Crippen molar-refractivity contribution in [2.45, 2.75) is 44.7 Å². The monoisotopic (exact) mass is 391 g/mol. The Balaban J connectivity index is 1.60. The highest BCUT2D eigenvalue weighted by molar-refractivity contribution is 5.98. The number of nitrogens with zero attached hydrogens (tertiary/aromatic N) is 2. The fraction of sp³-hybridized carbons (Fsp3) is 0.579. The molecule has 152 valence electrons. The van der Waals surface area contributed by atoms with Crippen molar-refractivity contribution in [3.63, 3.8) is 0 Å². The van der Waals surface area contributed by atoms with Crippen molar-refractivity contribution in [3.05, 3.63) is 33.9 Å². The smallest absolute Gasteiger partial charge is 0.317 e. The summed E-state index contributed by atoms with van der Waals surface area (Å²) in [6, 6.07) is 4.12. The first-order valence-electron chi connectivity index (χ1n) is 9.55. The number of carboxylic acids is 1. The number of ether oxygens (including phenoxy) is 1. The van der Waals surface area contributed by atoms with Crippen LogP contribution in [0.5, 0.6) is 5.75 Å². The molecule has 9 nitrogen and oxygen atoms in total. The first kappa shape index (κ1) is 20.1. The summed E-state index contributed by atoms with van der Waals surface area (Å²) in [5.41, 5.74) is -0.294. The number of amides is 1. The molecule has 0 aromatic heterocycles. The molecule has 0 heterocycles. The Labute approximate surface area is 162 Å². The fourth-order valence-corrected chi connectivity index (χ4v) is 3.53. The average Bonchev–Trinajstić information content (AvgIpc) is 3.40. The van der Waals surface area contributed by atoms with Crippen LogP contribution in [0.15, 0.2) is 18.2 Å². The van der Waals surface area contributed by atoms with E-state index in [4.69, 9.17) is 9.84 Å². The van der Waals surface area contributed by atoms with Gasteiger partial charge in [0.15, 0.2) is 0 Å². The number of carboxylic acid groups (broad SMARTS) is 1. The zero-order chi connectivity index (χ0) is 20.3. The van der Waals surface area contributed by atoms with Crippen LogP contribution in [0, 0.1) is 16.0 Å². The highest BCUT2D eigenvalue weighted by Gasteiger charge is 2.38. The van der Waals surface area contributed by atoms with Gasteiger partial charge in [-0.15, -0.1) is 0 Å². The normalized spacial score (nSPS) is 21.1. The van der Waals surface area contributed by atoms with Gasteiger partial charge >= 0.3 is 5.97 Å². The maximum absolute atomic E-state index is 12.6. The third-order valence-corrected chi connectivity index (χ3v) is 5.21. The van der Waals surface area contributed by atoms with E-state index in [0.29, 0.717) is 31.1 Å². The summed E-state index contributed by atoms with van der Waals surface area (Å²) in [6.07, 6.45) is 3.57. The lowest BCUT2D eigenvalue weighted by Gasteiger charge is -2.42. The molecule has 0 unspecified atom stereocenters. The topological polar surface area (TPSA) is 122 Å². The second-order valence-electron chi connectivity index (χ2n) is 7.43. The van der Waals surface area contributed by atoms with Crippen molar-refractivity contribution < 1.29 is 24.4 Å². The highest BCUT2D eigenvalue weighted by atomic mass is 16.6. The maximum Gasteiger partial charge on any atom is 0.317 e. The predicted octanol–water partition coefficient (Wildman–Crippen LogP) is 2.05. The van der Waals surface area contributed by atoms with Crippen molar-refractivity contribution >= 4 is 17.6 Å². The lowest BCUT2D eigenvalue weighted by molar-refractivity contribution is -0.385. The first-order chi connectivity index (χ1) is 13.4. The Morgan fingerprint density at radius 2 is 2.07 bits per heavy atom. The summed E-state index contributed by atoms with van der Waals surface area (Å²) in [5.74, 6) is -0.376. The number of carbonyl (C=O) groups excluding carboxylic acids is 1. The summed E-state index contributed by atoms with van der Waals surface area (Å²) in [6.45, 7) is 2.97. The van der Waals surface area contributed by atoms with E-state index in [1.807, 2.05) is 4.90 Å². The molecule has 1 aromatic carbocycles. The first-order valence-corrected chi connectivity index (χ1v) is 9.55. The Morgan fingerprint density at radius 3 is 2.64 bits per heavy atom. The Morgan fingerprint density at radius 1 is 1.36 bits per heavy atom. The number of benzene rings is 1. The summed E-state index contributed by atoms with van der Waals surface area (Å²) in [7, 11) is 0. The number of rotatable bonds is 10. The van der Waals surface area contributed by atoms with Crippen LogP contribution in [0.3, 0.4) is 0 Å². The minimum absolute atomic E-state index is 0.00368. The van der Waals surface area contributed by atoms with Crippen molar-refractivity contribution in [3.8, 4) is 5.75 Å². The molecule has 2 aliphatic carbocycles. The molecule has 0 atom stereocenters. The molecule has 2 fully saturated rings. The third-order valence-electron chi connectivity index (χ3n) is 5.21. The summed E-state index contributed by atoms with van der Waals surface area (Å²) in [4.78, 5) is 36.3. The molecule has 1 amide bonds. The molecule has 0 spiro atoms. The average molecular weight is 391 g/mol. The van der Waals surface area contributed by atoms with Gasteiger partial charge < -0.3 is 15.2 Å². The van der Waals surface area contributed by atoms with Gasteiger partial charge in [-0.3, -0.25) is 24.6 Å². The molecule has 3 rings (SSSR count). The van der Waals surface area contributed by atoms with Crippen LogP contribution in [0.25, 0.3) is 0 Å². The number of nitrogens with one attached hydrogen (secondary N) is 1. The molecule has 0 radical (unpaired) electrons. The van der Waals surface area contributed by atoms with Gasteiger partial charge in [0.2, 0.25) is 0 Å². The van der Waals surface area contributed by atoms with Crippen molar-refractivity contribution in [1.82, 2.24) is 10.2 Å². The van der Waals surface area contributed by atoms with Gasteiger partial charge in [-0.2, -0.15) is 0 Å². The summed E-state index contributed by atoms with van der Waals surface area (Å²) in [5, 5.41) is 23.2. The molecule has 2 saturated carbocycles. The molecule has 28 heavy (non-hydrogen) atoms. The lowest BCUT2D eigenvalue weighted by Crippen LogP contribution is -2.55. The Kier molecular flexibility index (Phi) is 6.13. The van der Waals surface area contributed by atoms with Crippen LogP contribution in [0.2, 0.25) is 0 Å². The standard InChI is InChI=1S/C19H25N3O6/c1-2-28-15-5-6-17(22(26)27)16(9-15)19(25)20-13-7-14(8-13)21(11-18(23)24)10-12-3-4-12/h5-6,9,12-14H,2-4,7-8,10-11H2,1H3,(H,20,25)(H,23,24). The van der Waals surface area contributed by atoms with Gasteiger partial charge in [-0.05, 0) is 50.7 Å². The van der Waals surface area contributed by atoms with Crippen LogP contribution in [-0.4, -0.2) is 58.6 Å². The summed E-state index contributed by atoms with van der Waals surface area (Å²) >= 11 is 0. The van der Waals surface area contributed by atoms with E-state index in [2.05, 4.69) is 5.32 Å². The molecule has 9 heteroatoms. The van der Waals surface area contributed by atoms with E-state index in [1.54, 1.807) is 6.92 Å². The molecular formula is C19H25N3O6. The molecule has 0 bridgehead atoms. The third kappa shape index (κ3) is 4.98. The van der Waals surface area contributed by atoms with E-state index in [-0.39, 0.29) is 29.9 Å². The lowest BCUT2D eigenvalue weighted by atomic mass is 9.85. The van der Waals surface area contributed by atoms with Gasteiger partial charge in [0.1, 0.15) is 11.3 Å². The van der Waals surface area contributed by atoms with Gasteiger partial charge in [-0.1, -0.05) is 0 Å². The molecular weight excluding hydrogens is 366 g/mol. The molecule has 2 N–H and O–H groups in total. The van der Waals surface area contributed by atoms with Crippen molar-refractivity contribution in [2.75, 3.05) is 19.7 Å². The van der Waals surface area contributed by atoms with Crippen molar-refractivity contribution in [1.29, 1.82) is 0 Å². The maximum atomic E-state index is 12.6. The number of hydrogen-bond acceptors (Lipinski definition) is 6. The van der Waals surface area contributed by atoms with E-state index in [9.17, 15) is 19.7 Å². The number of hydrogen-bond donors (Lipinski definition) is 2. The van der Waals surface area contributed by atoms with Crippen LogP contribution in [0.4, 0.5) is 5.69 Å². The van der Waals surface area contributed by atoms with Gasteiger partial charge in [0.25, 0.3) is 11.6 Å². The SMILES string of the molecule is CCOc1ccc([N+](=O)[O-])c(C(=O)NC2CC(N(CC(=O)O)CC3CC3)C2)c1. The van der Waals surface area contributed by atoms with Gasteiger partial charge in [0.05, 0.1) is 18.1 Å². The van der Waals surface area contributed by atoms with E-state index >= 15 is 0 Å². The zero-order valence-corrected chi connectivity index (χ0v) is 15.8. The van der Waals surface area contributed by atoms with Crippen LogP contribution in [-0.2, 0) is 4.79 Å². The minimum atomic E-state index is -0.850. The fourth-order valence-electron chi connectivity index (χ4n) is 3.53. The van der Waals surface area contributed by atoms with Crippen LogP contribution >= 0.6 is 0 Å². The number of nitro benzene ring substituents is 1. The Hall–Kier alpha value is -2.68. The van der Waals surface area contributed by atoms with Crippen LogP contribution < -0.4 is 10.1 Å². The second-order valence-corrected chi connectivity index (χ2v) is 7.43. The minimum Gasteiger partial charge on any atom is -0.494 e. The largest absolute Gasteiger partial charge is 0.494 e. The van der Waals surface area contributed by atoms with Crippen molar-refractivity contribution in [2.24, 2.45) is 5.92 Å². The second kappa shape index (κ2) is 8.55. The molecule has 0 saturated heterocycles. The number of carbonyl (C=O) groups is 2. The quantitative estimate of drug-likeness (QED) is 0.462. The molecule has 0 aliphatic heterocycles. The number of nitro groups is 1. The summed E-state index contributed by atoms with van der Waals surface area (Å²) < 4.78 is 5.34. The van der Waals surface area contributed by atoms with Gasteiger partial charge in [0, 0.05) is 24.7 Å². The van der Waals surface area contributed by atoms with Crippen LogP contribution in [0.1, 0.15) is 43.0 Å². The number of aliphatic carboxylic acids is 1. The van der Waals surface area contributed by atoms with Gasteiger partial charge in [-0.25, -0.2) is 0 Å².